The van der Waals surface area contributed by atoms with Gasteiger partial charge in [-0.25, -0.2) is 0 Å². The van der Waals surface area contributed by atoms with Crippen molar-refractivity contribution >= 4 is 0 Å². The molecule has 0 heteroatoms. The fraction of sp³-hybridized carbons (Fsp3) is 1.00. The number of rotatable bonds is 5. The van der Waals surface area contributed by atoms with Crippen molar-refractivity contribution in [3.8, 4) is 0 Å². The molecule has 78 valence electrons. The lowest BCUT2D eigenvalue weighted by atomic mass is 9.59. The predicted molar refractivity (Wildman–Crippen MR) is 59.7 cm³/mol. The van der Waals surface area contributed by atoms with Gasteiger partial charge in [-0.05, 0) is 30.1 Å². The topological polar surface area (TPSA) is 0 Å². The fourth-order valence-corrected chi connectivity index (χ4v) is 3.33. The van der Waals surface area contributed by atoms with Crippen molar-refractivity contribution in [3.05, 3.63) is 0 Å². The molecular weight excluding hydrogens is 156 g/mol. The van der Waals surface area contributed by atoms with E-state index in [1.165, 1.54) is 32.1 Å². The highest BCUT2D eigenvalue weighted by molar-refractivity contribution is 4.88. The Morgan fingerprint density at radius 1 is 1.15 bits per heavy atom. The maximum Gasteiger partial charge on any atom is -0.0334 e. The second-order valence-corrected chi connectivity index (χ2v) is 5.08. The van der Waals surface area contributed by atoms with Crippen LogP contribution in [0.3, 0.4) is 0 Å². The monoisotopic (exact) mass is 182 g/mol. The summed E-state index contributed by atoms with van der Waals surface area (Å²) in [6.07, 6.45) is 7.17. The van der Waals surface area contributed by atoms with E-state index in [1.807, 2.05) is 0 Å². The summed E-state index contributed by atoms with van der Waals surface area (Å²) in [5, 5.41) is 0. The van der Waals surface area contributed by atoms with E-state index in [4.69, 9.17) is 0 Å². The van der Waals surface area contributed by atoms with Crippen LogP contribution in [0.4, 0.5) is 0 Å². The summed E-state index contributed by atoms with van der Waals surface area (Å²) in [5.74, 6) is 4.10. The molecule has 1 fully saturated rings. The van der Waals surface area contributed by atoms with E-state index in [0.29, 0.717) is 0 Å². The SMILES string of the molecule is CCCCC(CC)C1C(C)CC1C. The Balaban J connectivity index is 2.36. The molecule has 0 N–H and O–H groups in total. The highest BCUT2D eigenvalue weighted by atomic mass is 14.4. The summed E-state index contributed by atoms with van der Waals surface area (Å²) in [4.78, 5) is 0. The van der Waals surface area contributed by atoms with E-state index in [-0.39, 0.29) is 0 Å². The van der Waals surface area contributed by atoms with Crippen molar-refractivity contribution in [1.82, 2.24) is 0 Å². The van der Waals surface area contributed by atoms with Crippen LogP contribution in [0.5, 0.6) is 0 Å². The van der Waals surface area contributed by atoms with Crippen LogP contribution in [-0.2, 0) is 0 Å². The second kappa shape index (κ2) is 5.02. The fourth-order valence-electron chi connectivity index (χ4n) is 3.33. The molecule has 1 saturated carbocycles. The second-order valence-electron chi connectivity index (χ2n) is 5.08. The van der Waals surface area contributed by atoms with Crippen molar-refractivity contribution in [3.63, 3.8) is 0 Å². The molecule has 1 aliphatic carbocycles. The zero-order valence-electron chi connectivity index (χ0n) is 9.84. The van der Waals surface area contributed by atoms with Gasteiger partial charge >= 0.3 is 0 Å². The maximum absolute atomic E-state index is 2.44. The Morgan fingerprint density at radius 3 is 2.15 bits per heavy atom. The van der Waals surface area contributed by atoms with E-state index in [1.54, 1.807) is 0 Å². The van der Waals surface area contributed by atoms with Gasteiger partial charge in [0.05, 0.1) is 0 Å². The van der Waals surface area contributed by atoms with Crippen LogP contribution in [0, 0.1) is 23.7 Å². The molecule has 1 aliphatic rings. The summed E-state index contributed by atoms with van der Waals surface area (Å²) < 4.78 is 0. The number of hydrogen-bond acceptors (Lipinski definition) is 0. The minimum Gasteiger partial charge on any atom is -0.0654 e. The van der Waals surface area contributed by atoms with Gasteiger partial charge in [-0.1, -0.05) is 53.4 Å². The van der Waals surface area contributed by atoms with E-state index in [2.05, 4.69) is 27.7 Å². The van der Waals surface area contributed by atoms with E-state index >= 15 is 0 Å². The third kappa shape index (κ3) is 2.48. The zero-order chi connectivity index (χ0) is 9.84. The first-order valence-electron chi connectivity index (χ1n) is 6.20. The van der Waals surface area contributed by atoms with Gasteiger partial charge in [0, 0.05) is 0 Å². The first-order valence-corrected chi connectivity index (χ1v) is 6.20. The minimum atomic E-state index is 1.01. The molecule has 0 nitrogen and oxygen atoms in total. The van der Waals surface area contributed by atoms with E-state index in [9.17, 15) is 0 Å². The molecule has 0 heterocycles. The Bertz CT molecular complexity index is 131. The maximum atomic E-state index is 2.44. The molecule has 0 amide bonds. The van der Waals surface area contributed by atoms with Crippen molar-refractivity contribution in [2.45, 2.75) is 59.8 Å². The van der Waals surface area contributed by atoms with Crippen LogP contribution in [0.2, 0.25) is 0 Å². The number of hydrogen-bond donors (Lipinski definition) is 0. The Kier molecular flexibility index (Phi) is 4.28. The average Bonchev–Trinajstić information content (AvgIpc) is 2.11. The molecule has 0 aromatic carbocycles. The van der Waals surface area contributed by atoms with Crippen molar-refractivity contribution in [1.29, 1.82) is 0 Å². The first-order chi connectivity index (χ1) is 6.20. The van der Waals surface area contributed by atoms with Crippen LogP contribution in [0.1, 0.15) is 59.8 Å². The third-order valence-corrected chi connectivity index (χ3v) is 4.05. The lowest BCUT2D eigenvalue weighted by molar-refractivity contribution is 0.0350. The van der Waals surface area contributed by atoms with Crippen molar-refractivity contribution in [2.75, 3.05) is 0 Å². The lowest BCUT2D eigenvalue weighted by Crippen LogP contribution is -2.38. The molecule has 3 atom stereocenters. The average molecular weight is 182 g/mol. The zero-order valence-corrected chi connectivity index (χ0v) is 9.84. The highest BCUT2D eigenvalue weighted by Crippen LogP contribution is 2.46. The van der Waals surface area contributed by atoms with Crippen LogP contribution in [-0.4, -0.2) is 0 Å². The third-order valence-electron chi connectivity index (χ3n) is 4.05. The summed E-state index contributed by atoms with van der Waals surface area (Å²) in [5.41, 5.74) is 0. The summed E-state index contributed by atoms with van der Waals surface area (Å²) >= 11 is 0. The molecule has 3 unspecified atom stereocenters. The molecule has 0 spiro atoms. The van der Waals surface area contributed by atoms with Gasteiger partial charge in [0.1, 0.15) is 0 Å². The quantitative estimate of drug-likeness (QED) is 0.587. The standard InChI is InChI=1S/C13H26/c1-5-7-8-12(6-2)13-10(3)9-11(13)4/h10-13H,5-9H2,1-4H3. The minimum absolute atomic E-state index is 1.01. The normalized spacial score (nSPS) is 35.5. The molecule has 13 heavy (non-hydrogen) atoms. The molecular formula is C13H26. The van der Waals surface area contributed by atoms with E-state index in [0.717, 1.165) is 23.7 Å². The van der Waals surface area contributed by atoms with Crippen LogP contribution >= 0.6 is 0 Å². The Hall–Kier alpha value is 0. The summed E-state index contributed by atoms with van der Waals surface area (Å²) in [6, 6.07) is 0. The smallest absolute Gasteiger partial charge is 0.0334 e. The molecule has 0 aromatic rings. The van der Waals surface area contributed by atoms with Crippen LogP contribution < -0.4 is 0 Å². The molecule has 0 aromatic heterocycles. The molecule has 1 rings (SSSR count). The largest absolute Gasteiger partial charge is 0.0654 e. The molecule has 0 saturated heterocycles. The van der Waals surface area contributed by atoms with Gasteiger partial charge in [-0.3, -0.25) is 0 Å². The predicted octanol–water partition coefficient (Wildman–Crippen LogP) is 4.49. The van der Waals surface area contributed by atoms with Gasteiger partial charge in [0.25, 0.3) is 0 Å². The van der Waals surface area contributed by atoms with Crippen molar-refractivity contribution < 1.29 is 0 Å². The summed E-state index contributed by atoms with van der Waals surface area (Å²) in [6.45, 7) is 9.57. The van der Waals surface area contributed by atoms with Gasteiger partial charge in [-0.2, -0.15) is 0 Å². The summed E-state index contributed by atoms with van der Waals surface area (Å²) in [7, 11) is 0. The van der Waals surface area contributed by atoms with Crippen molar-refractivity contribution in [2.24, 2.45) is 23.7 Å². The van der Waals surface area contributed by atoms with Crippen LogP contribution in [0.15, 0.2) is 0 Å². The molecule has 0 aliphatic heterocycles. The Morgan fingerprint density at radius 2 is 1.77 bits per heavy atom. The van der Waals surface area contributed by atoms with Gasteiger partial charge in [0.15, 0.2) is 0 Å². The highest BCUT2D eigenvalue weighted by Gasteiger charge is 2.38. The Labute approximate surface area is 84.1 Å². The molecule has 0 bridgehead atoms. The van der Waals surface area contributed by atoms with Crippen LogP contribution in [0.25, 0.3) is 0 Å². The molecule has 0 radical (unpaired) electrons. The first kappa shape index (κ1) is 11.1. The van der Waals surface area contributed by atoms with Gasteiger partial charge in [0.2, 0.25) is 0 Å². The van der Waals surface area contributed by atoms with E-state index < -0.39 is 0 Å². The van der Waals surface area contributed by atoms with Gasteiger partial charge < -0.3 is 0 Å². The lowest BCUT2D eigenvalue weighted by Gasteiger charge is -2.46. The number of unbranched alkanes of at least 4 members (excludes halogenated alkanes) is 1. The van der Waals surface area contributed by atoms with Gasteiger partial charge in [-0.15, -0.1) is 0 Å².